The molecule has 0 atom stereocenters. The summed E-state index contributed by atoms with van der Waals surface area (Å²) in [6, 6.07) is 4.65. The predicted molar refractivity (Wildman–Crippen MR) is 66.8 cm³/mol. The third-order valence-corrected chi connectivity index (χ3v) is 3.07. The van der Waals surface area contributed by atoms with Crippen LogP contribution in [-0.4, -0.2) is 0 Å². The molecule has 1 nitrogen and oxygen atoms in total. The van der Waals surface area contributed by atoms with Crippen LogP contribution in [-0.2, 0) is 6.61 Å². The Morgan fingerprint density at radius 1 is 0.905 bits per heavy atom. The average Bonchev–Trinajstić information content (AvgIpc) is 2.46. The molecule has 0 spiro atoms. The fourth-order valence-electron chi connectivity index (χ4n) is 1.65. The molecular formula is C14H8ClF5O. The van der Waals surface area contributed by atoms with Crippen molar-refractivity contribution in [2.75, 3.05) is 0 Å². The molecule has 0 amide bonds. The second-order valence-corrected chi connectivity index (χ2v) is 4.68. The third-order valence-electron chi connectivity index (χ3n) is 2.76. The minimum Gasteiger partial charge on any atom is -0.487 e. The highest BCUT2D eigenvalue weighted by molar-refractivity contribution is 6.32. The number of halogens is 6. The van der Waals surface area contributed by atoms with Crippen molar-refractivity contribution in [1.29, 1.82) is 0 Å². The largest absolute Gasteiger partial charge is 0.487 e. The Bertz CT molecular complexity index is 673. The Labute approximate surface area is 121 Å². The quantitative estimate of drug-likeness (QED) is 0.442. The molecule has 0 saturated carbocycles. The molecule has 0 N–H and O–H groups in total. The average molecular weight is 323 g/mol. The molecule has 0 fully saturated rings. The molecule has 0 aliphatic heterocycles. The number of benzene rings is 2. The van der Waals surface area contributed by atoms with Crippen LogP contribution in [0.1, 0.15) is 11.1 Å². The van der Waals surface area contributed by atoms with E-state index < -0.39 is 41.3 Å². The van der Waals surface area contributed by atoms with E-state index in [-0.39, 0.29) is 10.8 Å². The maximum absolute atomic E-state index is 13.5. The summed E-state index contributed by atoms with van der Waals surface area (Å²) in [7, 11) is 0. The maximum Gasteiger partial charge on any atom is 0.200 e. The normalized spacial score (nSPS) is 10.8. The van der Waals surface area contributed by atoms with Gasteiger partial charge in [-0.3, -0.25) is 0 Å². The van der Waals surface area contributed by atoms with Crippen molar-refractivity contribution >= 4 is 11.6 Å². The minimum atomic E-state index is -2.21. The van der Waals surface area contributed by atoms with E-state index >= 15 is 0 Å². The Morgan fingerprint density at radius 3 is 2.00 bits per heavy atom. The Hall–Kier alpha value is -1.82. The molecular weight excluding hydrogens is 315 g/mol. The lowest BCUT2D eigenvalue weighted by molar-refractivity contribution is 0.279. The van der Waals surface area contributed by atoms with Crippen LogP contribution >= 0.6 is 11.6 Å². The van der Waals surface area contributed by atoms with Crippen LogP contribution in [0, 0.1) is 36.0 Å². The summed E-state index contributed by atoms with van der Waals surface area (Å²) in [5.41, 5.74) is -0.296. The van der Waals surface area contributed by atoms with E-state index in [9.17, 15) is 22.0 Å². The van der Waals surface area contributed by atoms with E-state index in [0.29, 0.717) is 0 Å². The van der Waals surface area contributed by atoms with Crippen molar-refractivity contribution in [2.45, 2.75) is 13.5 Å². The first-order chi connectivity index (χ1) is 9.82. The fraction of sp³-hybridized carbons (Fsp3) is 0.143. The van der Waals surface area contributed by atoms with Gasteiger partial charge in [0.05, 0.1) is 10.6 Å². The molecule has 7 heteroatoms. The SMILES string of the molecule is Cc1ccc(Cl)c(OCc2c(F)c(F)c(F)c(F)c2F)c1. The monoisotopic (exact) mass is 322 g/mol. The van der Waals surface area contributed by atoms with Gasteiger partial charge in [0.1, 0.15) is 12.4 Å². The highest BCUT2D eigenvalue weighted by Crippen LogP contribution is 2.28. The van der Waals surface area contributed by atoms with Gasteiger partial charge in [-0.1, -0.05) is 17.7 Å². The molecule has 2 rings (SSSR count). The van der Waals surface area contributed by atoms with Gasteiger partial charge in [-0.05, 0) is 24.6 Å². The number of hydrogen-bond donors (Lipinski definition) is 0. The first-order valence-electron chi connectivity index (χ1n) is 5.72. The summed E-state index contributed by atoms with van der Waals surface area (Å²) in [5.74, 6) is -9.99. The van der Waals surface area contributed by atoms with Gasteiger partial charge in [0, 0.05) is 0 Å². The first kappa shape index (κ1) is 15.6. The topological polar surface area (TPSA) is 9.23 Å². The van der Waals surface area contributed by atoms with Crippen molar-refractivity contribution in [3.63, 3.8) is 0 Å². The number of aryl methyl sites for hydroxylation is 1. The zero-order chi connectivity index (χ0) is 15.7. The van der Waals surface area contributed by atoms with E-state index in [1.165, 1.54) is 12.1 Å². The Kier molecular flexibility index (Phi) is 4.37. The van der Waals surface area contributed by atoms with Gasteiger partial charge in [-0.2, -0.15) is 0 Å². The van der Waals surface area contributed by atoms with Crippen molar-refractivity contribution in [3.05, 3.63) is 63.4 Å². The lowest BCUT2D eigenvalue weighted by atomic mass is 10.2. The van der Waals surface area contributed by atoms with E-state index in [1.807, 2.05) is 0 Å². The number of ether oxygens (including phenoxy) is 1. The van der Waals surface area contributed by atoms with Crippen LogP contribution < -0.4 is 4.74 Å². The zero-order valence-corrected chi connectivity index (χ0v) is 11.4. The highest BCUT2D eigenvalue weighted by atomic mass is 35.5. The van der Waals surface area contributed by atoms with Crippen LogP contribution in [0.25, 0.3) is 0 Å². The molecule has 0 saturated heterocycles. The van der Waals surface area contributed by atoms with Crippen LogP contribution in [0.2, 0.25) is 5.02 Å². The number of rotatable bonds is 3. The number of hydrogen-bond acceptors (Lipinski definition) is 1. The highest BCUT2D eigenvalue weighted by Gasteiger charge is 2.26. The fourth-order valence-corrected chi connectivity index (χ4v) is 1.82. The van der Waals surface area contributed by atoms with Crippen LogP contribution in [0.3, 0.4) is 0 Å². The van der Waals surface area contributed by atoms with Crippen molar-refractivity contribution in [3.8, 4) is 5.75 Å². The van der Waals surface area contributed by atoms with Gasteiger partial charge >= 0.3 is 0 Å². The van der Waals surface area contributed by atoms with E-state index in [0.717, 1.165) is 5.56 Å². The molecule has 2 aromatic rings. The van der Waals surface area contributed by atoms with E-state index in [4.69, 9.17) is 16.3 Å². The van der Waals surface area contributed by atoms with Crippen LogP contribution in [0.5, 0.6) is 5.75 Å². The Balaban J connectivity index is 2.35. The second kappa shape index (κ2) is 5.89. The van der Waals surface area contributed by atoms with Crippen LogP contribution in [0.15, 0.2) is 18.2 Å². The van der Waals surface area contributed by atoms with Crippen molar-refractivity contribution in [1.82, 2.24) is 0 Å². The Morgan fingerprint density at radius 2 is 1.43 bits per heavy atom. The molecule has 112 valence electrons. The van der Waals surface area contributed by atoms with Gasteiger partial charge in [-0.15, -0.1) is 0 Å². The van der Waals surface area contributed by atoms with Gasteiger partial charge in [0.2, 0.25) is 5.82 Å². The smallest absolute Gasteiger partial charge is 0.200 e. The lowest BCUT2D eigenvalue weighted by Gasteiger charge is -2.11. The van der Waals surface area contributed by atoms with E-state index in [2.05, 4.69) is 0 Å². The summed E-state index contributed by atoms with van der Waals surface area (Å²) in [5, 5.41) is 0.157. The summed E-state index contributed by atoms with van der Waals surface area (Å²) in [6.07, 6.45) is 0. The third kappa shape index (κ3) is 2.95. The standard InChI is InChI=1S/C14H8ClF5O/c1-6-2-3-8(15)9(4-6)21-5-7-10(16)12(18)14(20)13(19)11(7)17/h2-4H,5H2,1H3. The lowest BCUT2D eigenvalue weighted by Crippen LogP contribution is -2.10. The molecule has 0 bridgehead atoms. The van der Waals surface area contributed by atoms with Crippen molar-refractivity contribution in [2.24, 2.45) is 0 Å². The molecule has 0 aliphatic rings. The summed E-state index contributed by atoms with van der Waals surface area (Å²) >= 11 is 5.81. The first-order valence-corrected chi connectivity index (χ1v) is 6.10. The molecule has 2 aromatic carbocycles. The molecule has 0 heterocycles. The zero-order valence-electron chi connectivity index (χ0n) is 10.6. The molecule has 0 unspecified atom stereocenters. The van der Waals surface area contributed by atoms with E-state index in [1.54, 1.807) is 13.0 Å². The molecule has 0 aromatic heterocycles. The summed E-state index contributed by atoms with van der Waals surface area (Å²) in [4.78, 5) is 0. The summed E-state index contributed by atoms with van der Waals surface area (Å²) in [6.45, 7) is 0.885. The molecule has 21 heavy (non-hydrogen) atoms. The van der Waals surface area contributed by atoms with Gasteiger partial charge in [0.25, 0.3) is 0 Å². The van der Waals surface area contributed by atoms with Gasteiger partial charge in [0.15, 0.2) is 23.3 Å². The van der Waals surface area contributed by atoms with Crippen LogP contribution in [0.4, 0.5) is 22.0 Å². The van der Waals surface area contributed by atoms with Crippen molar-refractivity contribution < 1.29 is 26.7 Å². The second-order valence-electron chi connectivity index (χ2n) is 4.27. The molecule has 0 radical (unpaired) electrons. The van der Waals surface area contributed by atoms with Gasteiger partial charge in [-0.25, -0.2) is 22.0 Å². The summed E-state index contributed by atoms with van der Waals surface area (Å²) < 4.78 is 70.9. The maximum atomic E-state index is 13.5. The minimum absolute atomic E-state index is 0.0839. The molecule has 0 aliphatic carbocycles. The predicted octanol–water partition coefficient (Wildman–Crippen LogP) is 4.92. The van der Waals surface area contributed by atoms with Gasteiger partial charge < -0.3 is 4.74 Å².